The van der Waals surface area contributed by atoms with E-state index in [0.29, 0.717) is 24.5 Å². The van der Waals surface area contributed by atoms with Crippen LogP contribution in [0.2, 0.25) is 0 Å². The fraction of sp³-hybridized carbons (Fsp3) is 0.667. The Kier molecular flexibility index (Phi) is 6.07. The first kappa shape index (κ1) is 14.9. The predicted molar refractivity (Wildman–Crippen MR) is 72.4 cm³/mol. The molecule has 6 heteroatoms. The minimum Gasteiger partial charge on any atom is -0.462 e. The topological polar surface area (TPSA) is 60.5 Å². The van der Waals surface area contributed by atoms with Crippen molar-refractivity contribution in [3.05, 3.63) is 11.3 Å². The molecule has 1 unspecified atom stereocenters. The second-order valence-electron chi connectivity index (χ2n) is 4.02. The molecule has 0 saturated heterocycles. The molecule has 0 fully saturated rings. The van der Waals surface area contributed by atoms with Gasteiger partial charge in [0.15, 0.2) is 0 Å². The fourth-order valence-electron chi connectivity index (χ4n) is 1.50. The quantitative estimate of drug-likeness (QED) is 0.773. The summed E-state index contributed by atoms with van der Waals surface area (Å²) in [6.07, 6.45) is 0.871. The Hall–Kier alpha value is -1.14. The third kappa shape index (κ3) is 3.96. The molecule has 1 rings (SSSR count). The van der Waals surface area contributed by atoms with Crippen LogP contribution in [0.1, 0.15) is 36.3 Å². The normalized spacial score (nSPS) is 12.2. The molecule has 0 amide bonds. The first-order valence-electron chi connectivity index (χ1n) is 5.99. The van der Waals surface area contributed by atoms with Crippen molar-refractivity contribution < 1.29 is 14.3 Å². The molecule has 1 aromatic rings. The average molecular weight is 272 g/mol. The lowest BCUT2D eigenvalue weighted by molar-refractivity contribution is 0.0527. The third-order valence-electron chi connectivity index (χ3n) is 2.47. The monoisotopic (exact) mass is 272 g/mol. The number of anilines is 1. The van der Waals surface area contributed by atoms with Gasteiger partial charge in [0.2, 0.25) is 0 Å². The van der Waals surface area contributed by atoms with Crippen LogP contribution in [0.15, 0.2) is 0 Å². The number of nitrogens with one attached hydrogen (secondary N) is 1. The van der Waals surface area contributed by atoms with Gasteiger partial charge >= 0.3 is 5.97 Å². The van der Waals surface area contributed by atoms with Crippen LogP contribution in [0.5, 0.6) is 0 Å². The zero-order valence-corrected chi connectivity index (χ0v) is 12.1. The van der Waals surface area contributed by atoms with E-state index in [9.17, 15) is 4.79 Å². The first-order valence-corrected chi connectivity index (χ1v) is 6.76. The summed E-state index contributed by atoms with van der Waals surface area (Å²) in [5, 5.41) is 4.05. The van der Waals surface area contributed by atoms with Gasteiger partial charge in [0.1, 0.15) is 10.6 Å². The number of ether oxygens (including phenoxy) is 2. The molecule has 18 heavy (non-hydrogen) atoms. The van der Waals surface area contributed by atoms with Crippen molar-refractivity contribution >= 4 is 22.5 Å². The van der Waals surface area contributed by atoms with Crippen LogP contribution in [0.25, 0.3) is 0 Å². The summed E-state index contributed by atoms with van der Waals surface area (Å²) in [5.41, 5.74) is 1.26. The van der Waals surface area contributed by atoms with Gasteiger partial charge in [-0.05, 0) is 38.7 Å². The zero-order valence-electron chi connectivity index (χ0n) is 11.3. The van der Waals surface area contributed by atoms with Crippen molar-refractivity contribution in [3.8, 4) is 0 Å². The van der Waals surface area contributed by atoms with E-state index < -0.39 is 0 Å². The van der Waals surface area contributed by atoms with Crippen molar-refractivity contribution in [2.75, 3.05) is 25.6 Å². The minimum absolute atomic E-state index is 0.220. The second-order valence-corrected chi connectivity index (χ2v) is 4.79. The van der Waals surface area contributed by atoms with E-state index in [1.54, 1.807) is 14.0 Å². The standard InChI is InChI=1S/C12H20N2O3S/c1-5-17-12(15)10-9(3)14-18-11(10)13-8(2)6-7-16-4/h8,13H,5-7H2,1-4H3. The number of hydrogen-bond donors (Lipinski definition) is 1. The summed E-state index contributed by atoms with van der Waals surface area (Å²) < 4.78 is 14.3. The van der Waals surface area contributed by atoms with E-state index in [2.05, 4.69) is 9.69 Å². The molecule has 0 aliphatic carbocycles. The van der Waals surface area contributed by atoms with E-state index in [1.165, 1.54) is 11.5 Å². The highest BCUT2D eigenvalue weighted by Crippen LogP contribution is 2.26. The summed E-state index contributed by atoms with van der Waals surface area (Å²) in [7, 11) is 1.67. The van der Waals surface area contributed by atoms with Crippen LogP contribution in [0.3, 0.4) is 0 Å². The van der Waals surface area contributed by atoms with E-state index >= 15 is 0 Å². The minimum atomic E-state index is -0.315. The zero-order chi connectivity index (χ0) is 13.5. The third-order valence-corrected chi connectivity index (χ3v) is 3.34. The fourth-order valence-corrected chi connectivity index (χ4v) is 2.40. The summed E-state index contributed by atoms with van der Waals surface area (Å²) in [5.74, 6) is -0.315. The van der Waals surface area contributed by atoms with Gasteiger partial charge in [-0.25, -0.2) is 4.79 Å². The van der Waals surface area contributed by atoms with Gasteiger partial charge < -0.3 is 14.8 Å². The summed E-state index contributed by atoms with van der Waals surface area (Å²) in [6.45, 7) is 6.70. The van der Waals surface area contributed by atoms with Crippen LogP contribution in [-0.4, -0.2) is 36.7 Å². The molecule has 0 aliphatic rings. The van der Waals surface area contributed by atoms with E-state index in [-0.39, 0.29) is 12.0 Å². The van der Waals surface area contributed by atoms with E-state index in [0.717, 1.165) is 11.4 Å². The molecule has 0 radical (unpaired) electrons. The highest BCUT2D eigenvalue weighted by molar-refractivity contribution is 7.10. The van der Waals surface area contributed by atoms with Crippen molar-refractivity contribution in [2.24, 2.45) is 0 Å². The number of carbonyl (C=O) groups excluding carboxylic acids is 1. The first-order chi connectivity index (χ1) is 8.60. The lowest BCUT2D eigenvalue weighted by atomic mass is 10.2. The highest BCUT2D eigenvalue weighted by atomic mass is 32.1. The molecule has 1 N–H and O–H groups in total. The van der Waals surface area contributed by atoms with E-state index in [1.807, 2.05) is 13.8 Å². The van der Waals surface area contributed by atoms with Crippen LogP contribution < -0.4 is 5.32 Å². The van der Waals surface area contributed by atoms with Crippen LogP contribution in [0.4, 0.5) is 5.00 Å². The van der Waals surface area contributed by atoms with Gasteiger partial charge in [0, 0.05) is 19.8 Å². The Balaban J connectivity index is 2.74. The molecule has 102 valence electrons. The van der Waals surface area contributed by atoms with Crippen molar-refractivity contribution in [1.29, 1.82) is 0 Å². The number of methoxy groups -OCH3 is 1. The largest absolute Gasteiger partial charge is 0.462 e. The average Bonchev–Trinajstić information content (AvgIpc) is 2.68. The number of aromatic nitrogens is 1. The van der Waals surface area contributed by atoms with Gasteiger partial charge in [-0.2, -0.15) is 4.37 Å². The van der Waals surface area contributed by atoms with E-state index in [4.69, 9.17) is 9.47 Å². The smallest absolute Gasteiger partial charge is 0.343 e. The molecule has 5 nitrogen and oxygen atoms in total. The summed E-state index contributed by atoms with van der Waals surface area (Å²) in [4.78, 5) is 11.8. The molecular weight excluding hydrogens is 252 g/mol. The van der Waals surface area contributed by atoms with Crippen LogP contribution in [0, 0.1) is 6.92 Å². The number of esters is 1. The molecule has 0 bridgehead atoms. The maximum atomic E-state index is 11.8. The molecule has 0 saturated carbocycles. The van der Waals surface area contributed by atoms with Crippen LogP contribution >= 0.6 is 11.5 Å². The van der Waals surface area contributed by atoms with Gasteiger partial charge in [-0.1, -0.05) is 0 Å². The SMILES string of the molecule is CCOC(=O)c1c(C)nsc1NC(C)CCOC. The molecule has 0 aromatic carbocycles. The Morgan fingerprint density at radius 3 is 2.89 bits per heavy atom. The number of hydrogen-bond acceptors (Lipinski definition) is 6. The maximum absolute atomic E-state index is 11.8. The van der Waals surface area contributed by atoms with Crippen molar-refractivity contribution in [2.45, 2.75) is 33.2 Å². The molecule has 0 aliphatic heterocycles. The molecule has 0 spiro atoms. The Labute approximate surface area is 112 Å². The predicted octanol–water partition coefficient (Wildman–Crippen LogP) is 2.47. The van der Waals surface area contributed by atoms with Crippen molar-refractivity contribution in [3.63, 3.8) is 0 Å². The van der Waals surface area contributed by atoms with Gasteiger partial charge in [-0.3, -0.25) is 0 Å². The number of carbonyl (C=O) groups is 1. The second kappa shape index (κ2) is 7.33. The lowest BCUT2D eigenvalue weighted by Gasteiger charge is -2.14. The maximum Gasteiger partial charge on any atom is 0.343 e. The van der Waals surface area contributed by atoms with Gasteiger partial charge in [0.25, 0.3) is 0 Å². The molecular formula is C12H20N2O3S. The Bertz CT molecular complexity index is 393. The van der Waals surface area contributed by atoms with Gasteiger partial charge in [-0.15, -0.1) is 0 Å². The molecule has 1 heterocycles. The summed E-state index contributed by atoms with van der Waals surface area (Å²) >= 11 is 1.29. The molecule has 1 aromatic heterocycles. The number of rotatable bonds is 7. The summed E-state index contributed by atoms with van der Waals surface area (Å²) in [6, 6.07) is 0.220. The van der Waals surface area contributed by atoms with Gasteiger partial charge in [0.05, 0.1) is 12.3 Å². The number of nitrogens with zero attached hydrogens (tertiary/aromatic N) is 1. The van der Waals surface area contributed by atoms with Crippen LogP contribution in [-0.2, 0) is 9.47 Å². The Morgan fingerprint density at radius 2 is 2.28 bits per heavy atom. The number of aryl methyl sites for hydroxylation is 1. The molecule has 1 atom stereocenters. The lowest BCUT2D eigenvalue weighted by Crippen LogP contribution is -2.18. The van der Waals surface area contributed by atoms with Crippen molar-refractivity contribution in [1.82, 2.24) is 4.37 Å². The Morgan fingerprint density at radius 1 is 1.56 bits per heavy atom. The highest BCUT2D eigenvalue weighted by Gasteiger charge is 2.20.